The van der Waals surface area contributed by atoms with Crippen molar-refractivity contribution >= 4 is 58.9 Å². The van der Waals surface area contributed by atoms with Crippen molar-refractivity contribution in [3.63, 3.8) is 0 Å². The zero-order valence-electron chi connectivity index (χ0n) is 43.8. The highest BCUT2D eigenvalue weighted by atomic mass is 16.5. The van der Waals surface area contributed by atoms with E-state index in [1.807, 2.05) is 47.6 Å². The van der Waals surface area contributed by atoms with Crippen molar-refractivity contribution in [2.75, 3.05) is 49.8 Å². The fourth-order valence-corrected chi connectivity index (χ4v) is 12.3. The van der Waals surface area contributed by atoms with E-state index in [9.17, 15) is 33.6 Å². The second-order valence-electron chi connectivity index (χ2n) is 20.7. The molecule has 0 spiro atoms. The van der Waals surface area contributed by atoms with Crippen molar-refractivity contribution in [1.82, 2.24) is 5.32 Å². The topological polar surface area (TPSA) is 233 Å². The first-order valence-corrected chi connectivity index (χ1v) is 24.0. The van der Waals surface area contributed by atoms with Crippen molar-refractivity contribution in [2.24, 2.45) is 60.3 Å². The molecular formula is C52H74N4O14. The lowest BCUT2D eigenvalue weighted by molar-refractivity contribution is -0.147. The molecule has 5 rings (SSSR count). The first kappa shape index (κ1) is 55.2. The van der Waals surface area contributed by atoms with Crippen LogP contribution in [0.1, 0.15) is 126 Å². The number of allylic oxidation sites excluding steroid dienone is 6. The Balaban J connectivity index is 2.05. The van der Waals surface area contributed by atoms with Gasteiger partial charge in [-0.3, -0.25) is 48.5 Å². The van der Waals surface area contributed by atoms with Gasteiger partial charge in [-0.05, 0) is 63.7 Å². The van der Waals surface area contributed by atoms with Gasteiger partial charge in [0.15, 0.2) is 0 Å². The van der Waals surface area contributed by atoms with Crippen LogP contribution in [0.4, 0.5) is 0 Å². The van der Waals surface area contributed by atoms with Crippen LogP contribution in [-0.2, 0) is 66.7 Å². The second-order valence-corrected chi connectivity index (χ2v) is 20.7. The Bertz CT molecular complexity index is 2340. The number of nitrogens with zero attached hydrogens (tertiary/aromatic N) is 3. The lowest BCUT2D eigenvalue weighted by Gasteiger charge is -2.48. The van der Waals surface area contributed by atoms with Crippen molar-refractivity contribution < 1.29 is 66.7 Å². The fraction of sp³-hybridized carbons (Fsp3) is 0.692. The van der Waals surface area contributed by atoms with Crippen LogP contribution in [0.3, 0.4) is 0 Å². The second kappa shape index (κ2) is 21.4. The van der Waals surface area contributed by atoms with E-state index in [-0.39, 0.29) is 64.2 Å². The van der Waals surface area contributed by atoms with Crippen LogP contribution in [0, 0.1) is 45.3 Å². The van der Waals surface area contributed by atoms with Gasteiger partial charge in [0.2, 0.25) is 0 Å². The van der Waals surface area contributed by atoms with E-state index in [1.165, 1.54) is 49.8 Å². The molecule has 5 aliphatic heterocycles. The van der Waals surface area contributed by atoms with Gasteiger partial charge in [0.1, 0.15) is 0 Å². The van der Waals surface area contributed by atoms with Gasteiger partial charge in [0, 0.05) is 105 Å². The summed E-state index contributed by atoms with van der Waals surface area (Å²) in [6.07, 6.45) is 2.42. The van der Waals surface area contributed by atoms with Gasteiger partial charge in [-0.1, -0.05) is 34.6 Å². The van der Waals surface area contributed by atoms with Crippen molar-refractivity contribution in [2.45, 2.75) is 138 Å². The Labute approximate surface area is 411 Å². The van der Waals surface area contributed by atoms with Gasteiger partial charge in [0.05, 0.1) is 80.6 Å². The normalized spacial score (nSPS) is 33.4. The average molecular weight is 979 g/mol. The number of carbonyl (C=O) groups excluding carboxylic acids is 7. The first-order chi connectivity index (χ1) is 32.8. The summed E-state index contributed by atoms with van der Waals surface area (Å²) in [5.74, 6) is -5.67. The molecule has 0 amide bonds. The lowest BCUT2D eigenvalue weighted by atomic mass is 9.55. The minimum absolute atomic E-state index is 0.0103. The maximum atomic E-state index is 14.0. The summed E-state index contributed by atoms with van der Waals surface area (Å²) >= 11 is 0. The zero-order chi connectivity index (χ0) is 52.3. The highest BCUT2D eigenvalue weighted by Crippen LogP contribution is 2.62. The predicted molar refractivity (Wildman–Crippen MR) is 258 cm³/mol. The molecule has 9 atom stereocenters. The Hall–Kier alpha value is -5.68. The Morgan fingerprint density at radius 3 is 1.60 bits per heavy atom. The van der Waals surface area contributed by atoms with Gasteiger partial charge in [-0.15, -0.1) is 0 Å². The number of aliphatic imine (C=N–C) groups is 3. The van der Waals surface area contributed by atoms with E-state index in [4.69, 9.17) is 48.1 Å². The van der Waals surface area contributed by atoms with Crippen LogP contribution < -0.4 is 5.32 Å². The van der Waals surface area contributed by atoms with Crippen LogP contribution in [0.15, 0.2) is 49.3 Å². The molecule has 5 heterocycles. The van der Waals surface area contributed by atoms with Gasteiger partial charge < -0.3 is 38.5 Å². The van der Waals surface area contributed by atoms with Gasteiger partial charge >= 0.3 is 41.8 Å². The molecule has 8 bridgehead atoms. The smallest absolute Gasteiger partial charge is 0.306 e. The quantitative estimate of drug-likeness (QED) is 0.113. The molecule has 0 saturated carbocycles. The highest BCUT2D eigenvalue weighted by Gasteiger charge is 2.66. The number of nitrogens with one attached hydrogen (secondary N) is 1. The summed E-state index contributed by atoms with van der Waals surface area (Å²) in [5.41, 5.74) is -0.483. The van der Waals surface area contributed by atoms with Gasteiger partial charge in [-0.25, -0.2) is 0 Å². The molecule has 18 heteroatoms. The minimum Gasteiger partial charge on any atom is -0.469 e. The average Bonchev–Trinajstić information content (AvgIpc) is 3.95. The fourth-order valence-electron chi connectivity index (χ4n) is 12.3. The van der Waals surface area contributed by atoms with Crippen LogP contribution in [0.5, 0.6) is 0 Å². The van der Waals surface area contributed by atoms with E-state index >= 15 is 0 Å². The molecule has 1 N–H and O–H groups in total. The molecule has 1 unspecified atom stereocenters. The SMILES string of the molecule is COC(=O)CC[C@@H]1/C2=C(\C)C3=NC([C@H](CC(=O)OC)[C@@]3(C)CCC(=O)OC)[C@@]3(C)N=C(/C(C)=C4\N/C(=C\C(=N2)C1(C)C)[C@@H](CCC(=O)OC)[C@]4(C)CC(=O)OC)[C@@H](CCC(=O)OC)[C@]3(C)CC(=O)OC. The summed E-state index contributed by atoms with van der Waals surface area (Å²) in [4.78, 5) is 111. The number of hydrogen-bond donors (Lipinski definition) is 1. The third-order valence-corrected chi connectivity index (χ3v) is 16.8. The lowest BCUT2D eigenvalue weighted by Crippen LogP contribution is -2.55. The number of methoxy groups -OCH3 is 7. The zero-order valence-corrected chi connectivity index (χ0v) is 43.8. The number of esters is 7. The molecule has 0 aliphatic carbocycles. The molecular weight excluding hydrogens is 905 g/mol. The van der Waals surface area contributed by atoms with Crippen molar-refractivity contribution in [3.8, 4) is 0 Å². The predicted octanol–water partition coefficient (Wildman–Crippen LogP) is 6.54. The molecule has 0 aromatic rings. The van der Waals surface area contributed by atoms with E-state index in [2.05, 4.69) is 19.2 Å². The van der Waals surface area contributed by atoms with E-state index in [1.54, 1.807) is 0 Å². The Morgan fingerprint density at radius 2 is 1.07 bits per heavy atom. The summed E-state index contributed by atoms with van der Waals surface area (Å²) in [6, 6.07) is -0.888. The maximum absolute atomic E-state index is 14.0. The van der Waals surface area contributed by atoms with E-state index in [0.29, 0.717) is 51.8 Å². The molecule has 18 nitrogen and oxygen atoms in total. The van der Waals surface area contributed by atoms with Crippen molar-refractivity contribution in [1.29, 1.82) is 0 Å². The summed E-state index contributed by atoms with van der Waals surface area (Å²) in [6.45, 7) is 15.7. The van der Waals surface area contributed by atoms with Crippen LogP contribution in [0.25, 0.3) is 0 Å². The maximum Gasteiger partial charge on any atom is 0.306 e. The summed E-state index contributed by atoms with van der Waals surface area (Å²) in [7, 11) is 9.21. The number of rotatable bonds is 18. The van der Waals surface area contributed by atoms with Crippen molar-refractivity contribution in [3.05, 3.63) is 34.3 Å². The van der Waals surface area contributed by atoms with Crippen LogP contribution in [-0.4, -0.2) is 120 Å². The van der Waals surface area contributed by atoms with E-state index in [0.717, 1.165) is 0 Å². The number of fused-ring (bicyclic) bond motifs is 6. The minimum atomic E-state index is -1.37. The highest BCUT2D eigenvalue weighted by molar-refractivity contribution is 6.10. The van der Waals surface area contributed by atoms with Gasteiger partial charge in [-0.2, -0.15) is 0 Å². The number of ether oxygens (including phenoxy) is 7. The standard InChI is InChI=1S/C52H74N4O14/c1-28-43-31(17-20-37(58)65-10)48(3,4)35(54-43)25-34-30(16-19-36(57)64-9)50(6,26-41(62)69-14)46(53-34)29(2)44-32(18-21-38(59)66-11)51(7,27-42(63)70-15)52(8,56-44)47-33(24-40(61)68-13)49(5,45(28)55-47)23-22-39(60)67-12/h25,30-33,47,53H,16-24,26-27H2,1-15H3/b34-25-,43-28-,46-29-/t30-,31-,32-,33+,47?,49-,50+,51+,52-/m1/s1. The third-order valence-electron chi connectivity index (χ3n) is 16.8. The largest absolute Gasteiger partial charge is 0.469 e. The summed E-state index contributed by atoms with van der Waals surface area (Å²) in [5, 5.41) is 3.73. The molecule has 386 valence electrons. The van der Waals surface area contributed by atoms with E-state index < -0.39 is 98.7 Å². The number of carbonyl (C=O) groups is 7. The molecule has 1 saturated heterocycles. The molecule has 0 aromatic heterocycles. The molecule has 1 fully saturated rings. The third kappa shape index (κ3) is 9.97. The Kier molecular flexibility index (Phi) is 16.9. The summed E-state index contributed by atoms with van der Waals surface area (Å²) < 4.78 is 36.8. The monoisotopic (exact) mass is 979 g/mol. The van der Waals surface area contributed by atoms with Crippen LogP contribution >= 0.6 is 0 Å². The molecule has 0 aromatic carbocycles. The number of hydrogen-bond acceptors (Lipinski definition) is 18. The molecule has 5 aliphatic rings. The Morgan fingerprint density at radius 1 is 0.586 bits per heavy atom. The van der Waals surface area contributed by atoms with Crippen LogP contribution in [0.2, 0.25) is 0 Å². The molecule has 70 heavy (non-hydrogen) atoms. The first-order valence-electron chi connectivity index (χ1n) is 24.0. The van der Waals surface area contributed by atoms with Gasteiger partial charge in [0.25, 0.3) is 0 Å². The molecule has 0 radical (unpaired) electrons.